The Balaban J connectivity index is 1.57. The Hall–Kier alpha value is -1.64. The van der Waals surface area contributed by atoms with Gasteiger partial charge in [0.1, 0.15) is 0 Å². The van der Waals surface area contributed by atoms with E-state index in [1.165, 1.54) is 11.3 Å². The molecule has 8 heteroatoms. The van der Waals surface area contributed by atoms with Gasteiger partial charge in [-0.3, -0.25) is 14.7 Å². The number of nitrogens with zero attached hydrogens (tertiary/aromatic N) is 2. The van der Waals surface area contributed by atoms with Crippen LogP contribution in [0.1, 0.15) is 29.4 Å². The van der Waals surface area contributed by atoms with E-state index in [4.69, 9.17) is 4.74 Å². The molecular formula is C18H31N5O2S. The van der Waals surface area contributed by atoms with Crippen molar-refractivity contribution in [1.82, 2.24) is 20.9 Å². The normalized spacial score (nSPS) is 15.7. The van der Waals surface area contributed by atoms with E-state index < -0.39 is 0 Å². The number of aliphatic imine (C=N–C) groups is 1. The molecule has 7 nitrogen and oxygen atoms in total. The van der Waals surface area contributed by atoms with Crippen molar-refractivity contribution in [3.63, 3.8) is 0 Å². The van der Waals surface area contributed by atoms with Crippen LogP contribution >= 0.6 is 11.3 Å². The van der Waals surface area contributed by atoms with Crippen LogP contribution in [0, 0.1) is 0 Å². The maximum atomic E-state index is 11.8. The second kappa shape index (κ2) is 12.7. The third-order valence-electron chi connectivity index (χ3n) is 4.03. The highest BCUT2D eigenvalue weighted by Crippen LogP contribution is 2.07. The molecular weight excluding hydrogens is 350 g/mol. The Morgan fingerprint density at radius 3 is 2.77 bits per heavy atom. The summed E-state index contributed by atoms with van der Waals surface area (Å²) < 4.78 is 5.36. The van der Waals surface area contributed by atoms with Crippen LogP contribution in [-0.4, -0.2) is 75.8 Å². The minimum atomic E-state index is -0.00266. The number of guanidine groups is 1. The van der Waals surface area contributed by atoms with E-state index in [0.29, 0.717) is 13.1 Å². The molecule has 0 saturated carbocycles. The Kier molecular flexibility index (Phi) is 10.1. The van der Waals surface area contributed by atoms with Gasteiger partial charge in [-0.05, 0) is 37.8 Å². The van der Waals surface area contributed by atoms with E-state index in [2.05, 4.69) is 32.8 Å². The third kappa shape index (κ3) is 8.16. The van der Waals surface area contributed by atoms with Crippen molar-refractivity contribution in [1.29, 1.82) is 0 Å². The number of carbonyl (C=O) groups excluding carboxylic acids is 1. The lowest BCUT2D eigenvalue weighted by Gasteiger charge is -2.26. The molecule has 2 rings (SSSR count). The summed E-state index contributed by atoms with van der Waals surface area (Å²) in [4.78, 5) is 19.6. The summed E-state index contributed by atoms with van der Waals surface area (Å²) in [6.45, 7) is 9.97. The lowest BCUT2D eigenvalue weighted by atomic mass is 10.3. The molecule has 146 valence electrons. The van der Waals surface area contributed by atoms with Gasteiger partial charge in [-0.15, -0.1) is 11.3 Å². The fourth-order valence-corrected chi connectivity index (χ4v) is 3.28. The second-order valence-corrected chi connectivity index (χ2v) is 7.03. The number of rotatable bonds is 10. The van der Waals surface area contributed by atoms with Gasteiger partial charge in [-0.2, -0.15) is 0 Å². The lowest BCUT2D eigenvalue weighted by molar-refractivity contribution is 0.0376. The van der Waals surface area contributed by atoms with Gasteiger partial charge in [-0.1, -0.05) is 6.07 Å². The number of thiophene rings is 1. The number of hydrogen-bond donors (Lipinski definition) is 3. The highest BCUT2D eigenvalue weighted by molar-refractivity contribution is 7.12. The van der Waals surface area contributed by atoms with Gasteiger partial charge < -0.3 is 20.7 Å². The molecule has 0 radical (unpaired) electrons. The Morgan fingerprint density at radius 2 is 2.04 bits per heavy atom. The number of amides is 1. The van der Waals surface area contributed by atoms with E-state index >= 15 is 0 Å². The van der Waals surface area contributed by atoms with Crippen molar-refractivity contribution in [2.45, 2.75) is 19.8 Å². The Labute approximate surface area is 160 Å². The fraction of sp³-hybridized carbons (Fsp3) is 0.667. The van der Waals surface area contributed by atoms with Crippen LogP contribution in [0.25, 0.3) is 0 Å². The fourth-order valence-electron chi connectivity index (χ4n) is 2.64. The molecule has 1 saturated heterocycles. The standard InChI is InChI=1S/C18H31N5O2S/c1-2-19-18(22-9-5-10-23-11-13-25-14-12-23)21-8-4-7-20-17(24)16-6-3-15-26-16/h3,6,15H,2,4-5,7-14H2,1H3,(H,20,24)(H2,19,21,22). The highest BCUT2D eigenvalue weighted by Gasteiger charge is 2.09. The largest absolute Gasteiger partial charge is 0.379 e. The van der Waals surface area contributed by atoms with Crippen molar-refractivity contribution in [3.05, 3.63) is 22.4 Å². The topological polar surface area (TPSA) is 78.0 Å². The quantitative estimate of drug-likeness (QED) is 0.322. The van der Waals surface area contributed by atoms with Crippen molar-refractivity contribution >= 4 is 23.2 Å². The molecule has 0 atom stereocenters. The van der Waals surface area contributed by atoms with E-state index in [-0.39, 0.29) is 5.91 Å². The van der Waals surface area contributed by atoms with E-state index in [9.17, 15) is 4.79 Å². The van der Waals surface area contributed by atoms with Gasteiger partial charge in [0.15, 0.2) is 5.96 Å². The molecule has 1 aliphatic heterocycles. The van der Waals surface area contributed by atoms with Crippen molar-refractivity contribution in [2.75, 3.05) is 59.0 Å². The summed E-state index contributed by atoms with van der Waals surface area (Å²) in [5.74, 6) is 0.844. The summed E-state index contributed by atoms with van der Waals surface area (Å²) in [6, 6.07) is 3.72. The number of carbonyl (C=O) groups is 1. The summed E-state index contributed by atoms with van der Waals surface area (Å²) >= 11 is 1.46. The van der Waals surface area contributed by atoms with Gasteiger partial charge in [0.2, 0.25) is 0 Å². The van der Waals surface area contributed by atoms with Crippen LogP contribution in [0.3, 0.4) is 0 Å². The molecule has 1 amide bonds. The maximum absolute atomic E-state index is 11.8. The average molecular weight is 382 g/mol. The molecule has 1 aromatic rings. The lowest BCUT2D eigenvalue weighted by Crippen LogP contribution is -2.40. The molecule has 1 fully saturated rings. The summed E-state index contributed by atoms with van der Waals surface area (Å²) in [5, 5.41) is 11.5. The summed E-state index contributed by atoms with van der Waals surface area (Å²) in [6.07, 6.45) is 1.91. The van der Waals surface area contributed by atoms with Crippen LogP contribution in [0.5, 0.6) is 0 Å². The van der Waals surface area contributed by atoms with Crippen LogP contribution in [0.4, 0.5) is 0 Å². The van der Waals surface area contributed by atoms with Crippen LogP contribution in [-0.2, 0) is 4.74 Å². The zero-order valence-corrected chi connectivity index (χ0v) is 16.4. The second-order valence-electron chi connectivity index (χ2n) is 6.08. The maximum Gasteiger partial charge on any atom is 0.261 e. The zero-order chi connectivity index (χ0) is 18.5. The molecule has 1 aliphatic rings. The Bertz CT molecular complexity index is 530. The minimum absolute atomic E-state index is 0.00266. The van der Waals surface area contributed by atoms with Gasteiger partial charge in [0.25, 0.3) is 5.91 Å². The first-order valence-corrected chi connectivity index (χ1v) is 10.3. The van der Waals surface area contributed by atoms with Gasteiger partial charge in [0, 0.05) is 39.3 Å². The Morgan fingerprint density at radius 1 is 1.23 bits per heavy atom. The highest BCUT2D eigenvalue weighted by atomic mass is 32.1. The van der Waals surface area contributed by atoms with E-state index in [1.54, 1.807) is 0 Å². The first kappa shape index (κ1) is 20.7. The molecule has 26 heavy (non-hydrogen) atoms. The zero-order valence-electron chi connectivity index (χ0n) is 15.6. The van der Waals surface area contributed by atoms with Crippen LogP contribution in [0.2, 0.25) is 0 Å². The molecule has 0 spiro atoms. The third-order valence-corrected chi connectivity index (χ3v) is 4.90. The van der Waals surface area contributed by atoms with E-state index in [1.807, 2.05) is 17.5 Å². The van der Waals surface area contributed by atoms with Gasteiger partial charge >= 0.3 is 0 Å². The minimum Gasteiger partial charge on any atom is -0.379 e. The average Bonchev–Trinajstić information content (AvgIpc) is 3.20. The number of morpholine rings is 1. The number of ether oxygens (including phenoxy) is 1. The van der Waals surface area contributed by atoms with Crippen molar-refractivity contribution in [3.8, 4) is 0 Å². The van der Waals surface area contributed by atoms with Gasteiger partial charge in [0.05, 0.1) is 18.1 Å². The summed E-state index contributed by atoms with van der Waals surface area (Å²) in [5.41, 5.74) is 0. The van der Waals surface area contributed by atoms with Gasteiger partial charge in [-0.25, -0.2) is 0 Å². The molecule has 0 aromatic carbocycles. The summed E-state index contributed by atoms with van der Waals surface area (Å²) in [7, 11) is 0. The van der Waals surface area contributed by atoms with Crippen molar-refractivity contribution in [2.24, 2.45) is 4.99 Å². The molecule has 0 bridgehead atoms. The number of hydrogen-bond acceptors (Lipinski definition) is 5. The molecule has 1 aromatic heterocycles. The first-order valence-electron chi connectivity index (χ1n) is 9.43. The molecule has 0 unspecified atom stereocenters. The van der Waals surface area contributed by atoms with Crippen LogP contribution in [0.15, 0.2) is 22.5 Å². The van der Waals surface area contributed by atoms with E-state index in [0.717, 1.165) is 69.6 Å². The van der Waals surface area contributed by atoms with Crippen molar-refractivity contribution < 1.29 is 9.53 Å². The molecule has 3 N–H and O–H groups in total. The van der Waals surface area contributed by atoms with Crippen LogP contribution < -0.4 is 16.0 Å². The predicted molar refractivity (Wildman–Crippen MR) is 107 cm³/mol. The predicted octanol–water partition coefficient (Wildman–Crippen LogP) is 1.15. The first-order chi connectivity index (χ1) is 12.8. The monoisotopic (exact) mass is 381 g/mol. The number of nitrogens with one attached hydrogen (secondary N) is 3. The molecule has 2 heterocycles. The SMILES string of the molecule is CCNC(=NCCCNC(=O)c1cccs1)NCCCN1CCOCC1. The smallest absolute Gasteiger partial charge is 0.261 e. The molecule has 0 aliphatic carbocycles.